The van der Waals surface area contributed by atoms with Crippen LogP contribution in [0, 0.1) is 5.92 Å². The molecule has 0 aliphatic heterocycles. The average Bonchev–Trinajstić information content (AvgIpc) is 2.93. The first-order valence-electron chi connectivity index (χ1n) is 8.45. The second-order valence-electron chi connectivity index (χ2n) is 6.54. The van der Waals surface area contributed by atoms with Crippen molar-refractivity contribution in [2.45, 2.75) is 31.7 Å². The number of benzene rings is 1. The highest BCUT2D eigenvalue weighted by molar-refractivity contribution is 7.89. The van der Waals surface area contributed by atoms with Crippen molar-refractivity contribution < 1.29 is 8.42 Å². The SMILES string of the molecule is CC(C)Cn1cc(CCNS(=O)(=O)c2ccccc2)c2cccnc21. The molecule has 3 aromatic rings. The summed E-state index contributed by atoms with van der Waals surface area (Å²) in [6.07, 6.45) is 4.51. The van der Waals surface area contributed by atoms with Gasteiger partial charge in [-0.1, -0.05) is 32.0 Å². The van der Waals surface area contributed by atoms with Gasteiger partial charge in [-0.15, -0.1) is 0 Å². The molecule has 1 aromatic carbocycles. The molecule has 0 spiro atoms. The van der Waals surface area contributed by atoms with Gasteiger partial charge in [-0.2, -0.15) is 0 Å². The number of rotatable bonds is 7. The Morgan fingerprint density at radius 3 is 2.60 bits per heavy atom. The summed E-state index contributed by atoms with van der Waals surface area (Å²) in [5.41, 5.74) is 2.07. The Bertz CT molecular complexity index is 947. The molecule has 132 valence electrons. The largest absolute Gasteiger partial charge is 0.332 e. The zero-order valence-electron chi connectivity index (χ0n) is 14.5. The van der Waals surface area contributed by atoms with Gasteiger partial charge in [0.2, 0.25) is 10.0 Å². The topological polar surface area (TPSA) is 64.0 Å². The summed E-state index contributed by atoms with van der Waals surface area (Å²) >= 11 is 0. The summed E-state index contributed by atoms with van der Waals surface area (Å²) in [4.78, 5) is 4.77. The van der Waals surface area contributed by atoms with E-state index in [1.807, 2.05) is 12.1 Å². The number of hydrogen-bond acceptors (Lipinski definition) is 3. The third kappa shape index (κ3) is 4.08. The van der Waals surface area contributed by atoms with Crippen LogP contribution in [0.25, 0.3) is 11.0 Å². The van der Waals surface area contributed by atoms with Crippen LogP contribution in [-0.2, 0) is 23.0 Å². The average molecular weight is 357 g/mol. The lowest BCUT2D eigenvalue weighted by atomic mass is 10.2. The first kappa shape index (κ1) is 17.6. The van der Waals surface area contributed by atoms with Crippen LogP contribution in [0.15, 0.2) is 59.8 Å². The Labute approximate surface area is 148 Å². The number of nitrogens with one attached hydrogen (secondary N) is 1. The highest BCUT2D eigenvalue weighted by Gasteiger charge is 2.14. The van der Waals surface area contributed by atoms with Gasteiger partial charge in [0.15, 0.2) is 0 Å². The third-order valence-electron chi connectivity index (χ3n) is 4.02. The predicted octanol–water partition coefficient (Wildman–Crippen LogP) is 3.21. The highest BCUT2D eigenvalue weighted by Crippen LogP contribution is 2.21. The van der Waals surface area contributed by atoms with E-state index in [9.17, 15) is 8.42 Å². The van der Waals surface area contributed by atoms with E-state index in [-0.39, 0.29) is 0 Å². The molecule has 1 N–H and O–H groups in total. The Morgan fingerprint density at radius 1 is 1.12 bits per heavy atom. The monoisotopic (exact) mass is 357 g/mol. The summed E-state index contributed by atoms with van der Waals surface area (Å²) in [7, 11) is -3.47. The van der Waals surface area contributed by atoms with E-state index < -0.39 is 10.0 Å². The number of sulfonamides is 1. The fraction of sp³-hybridized carbons (Fsp3) is 0.316. The third-order valence-corrected chi connectivity index (χ3v) is 5.50. The molecule has 0 saturated heterocycles. The minimum atomic E-state index is -3.47. The second-order valence-corrected chi connectivity index (χ2v) is 8.30. The second kappa shape index (κ2) is 7.37. The van der Waals surface area contributed by atoms with Crippen LogP contribution in [0.1, 0.15) is 19.4 Å². The summed E-state index contributed by atoms with van der Waals surface area (Å²) in [6.45, 7) is 5.58. The van der Waals surface area contributed by atoms with Gasteiger partial charge in [-0.25, -0.2) is 18.1 Å². The summed E-state index contributed by atoms with van der Waals surface area (Å²) in [6, 6.07) is 12.4. The number of fused-ring (bicyclic) bond motifs is 1. The molecular weight excluding hydrogens is 334 g/mol. The van der Waals surface area contributed by atoms with Crippen molar-refractivity contribution in [2.75, 3.05) is 6.54 Å². The summed E-state index contributed by atoms with van der Waals surface area (Å²) < 4.78 is 29.5. The number of aromatic nitrogens is 2. The predicted molar refractivity (Wildman–Crippen MR) is 99.9 cm³/mol. The molecule has 0 aliphatic rings. The van der Waals surface area contributed by atoms with Crippen molar-refractivity contribution in [1.29, 1.82) is 0 Å². The van der Waals surface area contributed by atoms with Crippen molar-refractivity contribution in [3.8, 4) is 0 Å². The Balaban J connectivity index is 1.75. The smallest absolute Gasteiger partial charge is 0.240 e. The van der Waals surface area contributed by atoms with Gasteiger partial charge in [-0.3, -0.25) is 0 Å². The van der Waals surface area contributed by atoms with E-state index in [2.05, 4.69) is 34.3 Å². The van der Waals surface area contributed by atoms with Gasteiger partial charge in [0.1, 0.15) is 5.65 Å². The lowest BCUT2D eigenvalue weighted by Gasteiger charge is -2.07. The molecular formula is C19H23N3O2S. The quantitative estimate of drug-likeness (QED) is 0.706. The molecule has 5 nitrogen and oxygen atoms in total. The maximum absolute atomic E-state index is 12.3. The molecule has 0 amide bonds. The van der Waals surface area contributed by atoms with Crippen LogP contribution in [0.3, 0.4) is 0 Å². The Kier molecular flexibility index (Phi) is 5.20. The van der Waals surface area contributed by atoms with Gasteiger partial charge < -0.3 is 4.57 Å². The van der Waals surface area contributed by atoms with Crippen LogP contribution in [0.5, 0.6) is 0 Å². The van der Waals surface area contributed by atoms with Crippen LogP contribution in [-0.4, -0.2) is 24.5 Å². The molecule has 0 atom stereocenters. The standard InChI is InChI=1S/C19H23N3O2S/c1-15(2)13-22-14-16(18-9-6-11-20-19(18)22)10-12-21-25(23,24)17-7-4-3-5-8-17/h3-9,11,14-15,21H,10,12-13H2,1-2H3. The lowest BCUT2D eigenvalue weighted by molar-refractivity contribution is 0.532. The number of hydrogen-bond donors (Lipinski definition) is 1. The molecule has 0 aliphatic carbocycles. The van der Waals surface area contributed by atoms with E-state index in [4.69, 9.17) is 0 Å². The molecule has 0 radical (unpaired) electrons. The molecule has 0 unspecified atom stereocenters. The van der Waals surface area contributed by atoms with E-state index in [0.717, 1.165) is 23.1 Å². The molecule has 0 bridgehead atoms. The van der Waals surface area contributed by atoms with Crippen LogP contribution in [0.2, 0.25) is 0 Å². The summed E-state index contributed by atoms with van der Waals surface area (Å²) in [5, 5.41) is 1.09. The van der Waals surface area contributed by atoms with Gasteiger partial charge in [-0.05, 0) is 42.2 Å². The molecule has 6 heteroatoms. The van der Waals surface area contributed by atoms with Gasteiger partial charge in [0.05, 0.1) is 4.90 Å². The van der Waals surface area contributed by atoms with Crippen LogP contribution >= 0.6 is 0 Å². The Morgan fingerprint density at radius 2 is 1.88 bits per heavy atom. The number of nitrogens with zero attached hydrogens (tertiary/aromatic N) is 2. The minimum Gasteiger partial charge on any atom is -0.332 e. The van der Waals surface area contributed by atoms with Crippen molar-refractivity contribution in [1.82, 2.24) is 14.3 Å². The van der Waals surface area contributed by atoms with Crippen molar-refractivity contribution >= 4 is 21.1 Å². The molecule has 0 fully saturated rings. The maximum atomic E-state index is 12.3. The Hall–Kier alpha value is -2.18. The van der Waals surface area contributed by atoms with E-state index in [1.165, 1.54) is 0 Å². The van der Waals surface area contributed by atoms with Crippen molar-refractivity contribution in [2.24, 2.45) is 5.92 Å². The molecule has 25 heavy (non-hydrogen) atoms. The molecule has 3 rings (SSSR count). The lowest BCUT2D eigenvalue weighted by Crippen LogP contribution is -2.25. The van der Waals surface area contributed by atoms with Crippen LogP contribution < -0.4 is 4.72 Å². The van der Waals surface area contributed by atoms with E-state index in [0.29, 0.717) is 23.8 Å². The van der Waals surface area contributed by atoms with Crippen molar-refractivity contribution in [3.05, 3.63) is 60.4 Å². The molecule has 0 saturated carbocycles. The molecule has 2 heterocycles. The molecule has 2 aromatic heterocycles. The van der Waals surface area contributed by atoms with Gasteiger partial charge in [0.25, 0.3) is 0 Å². The zero-order chi connectivity index (χ0) is 17.9. The van der Waals surface area contributed by atoms with Gasteiger partial charge >= 0.3 is 0 Å². The normalized spacial score (nSPS) is 12.1. The van der Waals surface area contributed by atoms with Gasteiger partial charge in [0, 0.05) is 30.9 Å². The summed E-state index contributed by atoms with van der Waals surface area (Å²) in [5.74, 6) is 0.516. The maximum Gasteiger partial charge on any atom is 0.240 e. The van der Waals surface area contributed by atoms with Crippen LogP contribution in [0.4, 0.5) is 0 Å². The zero-order valence-corrected chi connectivity index (χ0v) is 15.3. The van der Waals surface area contributed by atoms with E-state index >= 15 is 0 Å². The van der Waals surface area contributed by atoms with E-state index in [1.54, 1.807) is 36.5 Å². The highest BCUT2D eigenvalue weighted by atomic mass is 32.2. The minimum absolute atomic E-state index is 0.291. The first-order valence-corrected chi connectivity index (χ1v) is 9.93. The number of pyridine rings is 1. The fourth-order valence-corrected chi connectivity index (χ4v) is 3.98. The fourth-order valence-electron chi connectivity index (χ4n) is 2.93. The van der Waals surface area contributed by atoms with Crippen molar-refractivity contribution in [3.63, 3.8) is 0 Å². The first-order chi connectivity index (χ1) is 12.0.